The monoisotopic (exact) mass is 273 g/mol. The Hall–Kier alpha value is -1.50. The molecule has 2 aliphatic rings. The molecule has 0 aliphatic carbocycles. The number of anilines is 2. The van der Waals surface area contributed by atoms with E-state index in [2.05, 4.69) is 4.98 Å². The number of fused-ring (bicyclic) bond motifs is 2. The molecule has 0 radical (unpaired) electrons. The molecule has 1 aromatic rings. The van der Waals surface area contributed by atoms with E-state index in [0.29, 0.717) is 18.8 Å². The van der Waals surface area contributed by atoms with Crippen LogP contribution in [0.4, 0.5) is 24.5 Å². The quantitative estimate of drug-likeness (QED) is 0.851. The molecule has 2 aliphatic heterocycles. The number of nitrogen functional groups attached to an aromatic ring is 1. The van der Waals surface area contributed by atoms with Crippen LogP contribution in [0.25, 0.3) is 0 Å². The first kappa shape index (κ1) is 12.5. The highest BCUT2D eigenvalue weighted by Crippen LogP contribution is 2.35. The molecule has 19 heavy (non-hydrogen) atoms. The van der Waals surface area contributed by atoms with Gasteiger partial charge in [-0.25, -0.2) is 4.98 Å². The third kappa shape index (κ3) is 2.34. The molecule has 3 rings (SSSR count). The van der Waals surface area contributed by atoms with E-state index in [1.807, 2.05) is 4.90 Å². The summed E-state index contributed by atoms with van der Waals surface area (Å²) in [7, 11) is 0. The van der Waals surface area contributed by atoms with Gasteiger partial charge in [0.05, 0.1) is 29.8 Å². The van der Waals surface area contributed by atoms with Crippen molar-refractivity contribution in [1.82, 2.24) is 4.98 Å². The van der Waals surface area contributed by atoms with Gasteiger partial charge in [0.1, 0.15) is 5.69 Å². The molecule has 2 atom stereocenters. The van der Waals surface area contributed by atoms with Crippen LogP contribution in [0.2, 0.25) is 0 Å². The Bertz CT molecular complexity index is 480. The zero-order valence-electron chi connectivity index (χ0n) is 10.2. The summed E-state index contributed by atoms with van der Waals surface area (Å²) in [6.45, 7) is 1.17. The molecule has 2 unspecified atom stereocenters. The normalized spacial score (nSPS) is 26.8. The van der Waals surface area contributed by atoms with Crippen molar-refractivity contribution in [2.75, 3.05) is 23.7 Å². The zero-order valence-corrected chi connectivity index (χ0v) is 10.2. The molecule has 0 spiro atoms. The minimum absolute atomic E-state index is 0.0978. The summed E-state index contributed by atoms with van der Waals surface area (Å²) in [5.41, 5.74) is 5.53. The molecule has 2 fully saturated rings. The molecule has 0 saturated carbocycles. The number of alkyl halides is 3. The van der Waals surface area contributed by atoms with Gasteiger partial charge in [-0.1, -0.05) is 0 Å². The Morgan fingerprint density at radius 2 is 1.89 bits per heavy atom. The minimum Gasteiger partial charge on any atom is -0.396 e. The first-order valence-electron chi connectivity index (χ1n) is 6.16. The molecular weight excluding hydrogens is 259 g/mol. The molecule has 7 heteroatoms. The van der Waals surface area contributed by atoms with Crippen molar-refractivity contribution in [3.05, 3.63) is 18.0 Å². The number of morpholine rings is 1. The average molecular weight is 273 g/mol. The molecular formula is C12H14F3N3O. The number of halogens is 3. The number of aromatic nitrogens is 1. The second-order valence-corrected chi connectivity index (χ2v) is 4.99. The lowest BCUT2D eigenvalue weighted by Gasteiger charge is -2.34. The third-order valence-electron chi connectivity index (χ3n) is 3.59. The van der Waals surface area contributed by atoms with Crippen molar-refractivity contribution in [3.63, 3.8) is 0 Å². The van der Waals surface area contributed by atoms with Crippen molar-refractivity contribution in [2.45, 2.75) is 31.2 Å². The lowest BCUT2D eigenvalue weighted by molar-refractivity contribution is -0.141. The summed E-state index contributed by atoms with van der Waals surface area (Å²) in [5, 5.41) is 0. The highest BCUT2D eigenvalue weighted by molar-refractivity contribution is 5.67. The number of rotatable bonds is 1. The standard InChI is InChI=1S/C12H14F3N3O/c13-12(14,15)11-3-10(9(16)4-17-11)18-5-7-1-2-8(6-18)19-7/h3-4,7-8H,1-2,5-6,16H2. The van der Waals surface area contributed by atoms with E-state index >= 15 is 0 Å². The lowest BCUT2D eigenvalue weighted by atomic mass is 10.2. The maximum absolute atomic E-state index is 12.7. The van der Waals surface area contributed by atoms with Crippen LogP contribution >= 0.6 is 0 Å². The lowest BCUT2D eigenvalue weighted by Crippen LogP contribution is -2.43. The molecule has 2 N–H and O–H groups in total. The fourth-order valence-electron chi connectivity index (χ4n) is 2.70. The number of pyridine rings is 1. The van der Waals surface area contributed by atoms with Crippen molar-refractivity contribution in [3.8, 4) is 0 Å². The predicted octanol–water partition coefficient (Wildman–Crippen LogP) is 2.05. The SMILES string of the molecule is Nc1cnc(C(F)(F)F)cc1N1CC2CCC(C1)O2. The Morgan fingerprint density at radius 3 is 2.47 bits per heavy atom. The van der Waals surface area contributed by atoms with Gasteiger partial charge in [-0.2, -0.15) is 13.2 Å². The number of nitrogens with zero attached hydrogens (tertiary/aromatic N) is 2. The van der Waals surface area contributed by atoms with E-state index in [1.165, 1.54) is 0 Å². The molecule has 2 saturated heterocycles. The van der Waals surface area contributed by atoms with Gasteiger partial charge in [0.25, 0.3) is 0 Å². The number of nitrogens with two attached hydrogens (primary N) is 1. The van der Waals surface area contributed by atoms with Gasteiger partial charge in [0.15, 0.2) is 0 Å². The van der Waals surface area contributed by atoms with Gasteiger partial charge in [0.2, 0.25) is 0 Å². The summed E-state index contributed by atoms with van der Waals surface area (Å²) in [4.78, 5) is 5.22. The van der Waals surface area contributed by atoms with Crippen molar-refractivity contribution in [1.29, 1.82) is 0 Å². The molecule has 3 heterocycles. The first-order chi connectivity index (χ1) is 8.93. The first-order valence-corrected chi connectivity index (χ1v) is 6.16. The summed E-state index contributed by atoms with van der Waals surface area (Å²) < 4.78 is 43.7. The maximum Gasteiger partial charge on any atom is 0.433 e. The predicted molar refractivity (Wildman–Crippen MR) is 63.8 cm³/mol. The molecule has 2 bridgehead atoms. The highest BCUT2D eigenvalue weighted by atomic mass is 19.4. The average Bonchev–Trinajstić information content (AvgIpc) is 2.67. The molecule has 0 amide bonds. The molecule has 104 valence electrons. The van der Waals surface area contributed by atoms with Gasteiger partial charge in [-0.3, -0.25) is 0 Å². The van der Waals surface area contributed by atoms with Crippen LogP contribution in [0.5, 0.6) is 0 Å². The second-order valence-electron chi connectivity index (χ2n) is 4.99. The van der Waals surface area contributed by atoms with E-state index in [-0.39, 0.29) is 17.9 Å². The fraction of sp³-hybridized carbons (Fsp3) is 0.583. The van der Waals surface area contributed by atoms with Crippen LogP contribution < -0.4 is 10.6 Å². The minimum atomic E-state index is -4.45. The van der Waals surface area contributed by atoms with Gasteiger partial charge >= 0.3 is 6.18 Å². The van der Waals surface area contributed by atoms with E-state index < -0.39 is 11.9 Å². The zero-order chi connectivity index (χ0) is 13.6. The second kappa shape index (κ2) is 4.26. The van der Waals surface area contributed by atoms with Gasteiger partial charge < -0.3 is 15.4 Å². The van der Waals surface area contributed by atoms with Crippen molar-refractivity contribution >= 4 is 11.4 Å². The highest BCUT2D eigenvalue weighted by Gasteiger charge is 2.37. The van der Waals surface area contributed by atoms with E-state index in [1.54, 1.807) is 0 Å². The Kier molecular flexibility index (Phi) is 2.81. The van der Waals surface area contributed by atoms with E-state index in [0.717, 1.165) is 25.1 Å². The number of hydrogen-bond donors (Lipinski definition) is 1. The summed E-state index contributed by atoms with van der Waals surface area (Å²) in [6, 6.07) is 1.03. The number of hydrogen-bond acceptors (Lipinski definition) is 4. The van der Waals surface area contributed by atoms with Crippen LogP contribution in [0, 0.1) is 0 Å². The van der Waals surface area contributed by atoms with Crippen LogP contribution in [-0.2, 0) is 10.9 Å². The summed E-state index contributed by atoms with van der Waals surface area (Å²) in [6.07, 6.45) is -1.26. The Labute approximate surface area is 108 Å². The fourth-order valence-corrected chi connectivity index (χ4v) is 2.70. The Balaban J connectivity index is 1.91. The van der Waals surface area contributed by atoms with Gasteiger partial charge in [0, 0.05) is 13.1 Å². The largest absolute Gasteiger partial charge is 0.433 e. The topological polar surface area (TPSA) is 51.4 Å². The summed E-state index contributed by atoms with van der Waals surface area (Å²) in [5.74, 6) is 0. The van der Waals surface area contributed by atoms with Crippen molar-refractivity contribution < 1.29 is 17.9 Å². The third-order valence-corrected chi connectivity index (χ3v) is 3.59. The van der Waals surface area contributed by atoms with Crippen molar-refractivity contribution in [2.24, 2.45) is 0 Å². The smallest absolute Gasteiger partial charge is 0.396 e. The Morgan fingerprint density at radius 1 is 1.26 bits per heavy atom. The van der Waals surface area contributed by atoms with Crippen LogP contribution in [0.1, 0.15) is 18.5 Å². The van der Waals surface area contributed by atoms with E-state index in [4.69, 9.17) is 10.5 Å². The van der Waals surface area contributed by atoms with Gasteiger partial charge in [-0.05, 0) is 18.9 Å². The van der Waals surface area contributed by atoms with Gasteiger partial charge in [-0.15, -0.1) is 0 Å². The molecule has 0 aromatic carbocycles. The molecule has 4 nitrogen and oxygen atoms in total. The van der Waals surface area contributed by atoms with Crippen LogP contribution in [-0.4, -0.2) is 30.3 Å². The number of ether oxygens (including phenoxy) is 1. The summed E-state index contributed by atoms with van der Waals surface area (Å²) >= 11 is 0. The maximum atomic E-state index is 12.7. The molecule has 1 aromatic heterocycles. The van der Waals surface area contributed by atoms with Crippen LogP contribution in [0.3, 0.4) is 0 Å². The van der Waals surface area contributed by atoms with E-state index in [9.17, 15) is 13.2 Å². The van der Waals surface area contributed by atoms with Crippen LogP contribution in [0.15, 0.2) is 12.3 Å².